The number of ether oxygens (including phenoxy) is 1. The number of carboxylic acid groups (broad SMARTS) is 1. The summed E-state index contributed by atoms with van der Waals surface area (Å²) in [4.78, 5) is 45.5. The van der Waals surface area contributed by atoms with E-state index in [0.29, 0.717) is 12.8 Å². The van der Waals surface area contributed by atoms with Crippen molar-refractivity contribution in [2.24, 2.45) is 0 Å². The molecule has 0 saturated heterocycles. The second-order valence-electron chi connectivity index (χ2n) is 12.1. The van der Waals surface area contributed by atoms with Gasteiger partial charge in [0.05, 0.1) is 13.2 Å². The number of hydrogen-bond donors (Lipinski definition) is 4. The van der Waals surface area contributed by atoms with Crippen molar-refractivity contribution in [2.45, 2.75) is 161 Å². The van der Waals surface area contributed by atoms with E-state index in [2.05, 4.69) is 43.5 Å². The Balaban J connectivity index is 4.00. The largest absolute Gasteiger partial charge is 0.480 e. The first kappa shape index (κ1) is 45.0. The molecule has 0 aliphatic heterocycles. The maximum absolute atomic E-state index is 12.2. The fraction of sp³-hybridized carbons (Fsp3) is 0.800. The summed E-state index contributed by atoms with van der Waals surface area (Å²) in [6.45, 7) is 2.46. The smallest absolute Gasteiger partial charge is 0.472 e. The number of phosphoric ester groups is 1. The van der Waals surface area contributed by atoms with Crippen LogP contribution in [0.2, 0.25) is 0 Å². The van der Waals surface area contributed by atoms with Gasteiger partial charge in [-0.1, -0.05) is 122 Å². The van der Waals surface area contributed by atoms with Crippen LogP contribution in [0.1, 0.15) is 149 Å². The number of nitrogens with one attached hydrogen (secondary N) is 1. The molecule has 0 aromatic rings. The molecule has 0 fully saturated rings. The van der Waals surface area contributed by atoms with Crippen molar-refractivity contribution >= 4 is 25.7 Å². The zero-order valence-corrected chi connectivity index (χ0v) is 30.0. The van der Waals surface area contributed by atoms with E-state index in [1.807, 2.05) is 0 Å². The first-order chi connectivity index (χ1) is 22.6. The number of carboxylic acids is 1. The molecule has 4 N–H and O–H groups in total. The maximum atomic E-state index is 12.2. The Kier molecular flexibility index (Phi) is 29.9. The number of aliphatic hydroxyl groups is 1. The summed E-state index contributed by atoms with van der Waals surface area (Å²) in [6.07, 6.45) is 27.9. The van der Waals surface area contributed by atoms with Gasteiger partial charge in [-0.3, -0.25) is 18.6 Å². The minimum Gasteiger partial charge on any atom is -0.480 e. The normalized spacial score (nSPS) is 14.3. The lowest BCUT2D eigenvalue weighted by Crippen LogP contribution is -2.43. The van der Waals surface area contributed by atoms with E-state index < -0.39 is 57.6 Å². The van der Waals surface area contributed by atoms with Gasteiger partial charge in [-0.25, -0.2) is 9.36 Å². The number of aliphatic carboxylic acids is 1. The van der Waals surface area contributed by atoms with Gasteiger partial charge in [0, 0.05) is 12.8 Å². The maximum Gasteiger partial charge on any atom is 0.472 e. The highest BCUT2D eigenvalue weighted by atomic mass is 31.2. The number of aliphatic hydroxyl groups excluding tert-OH is 1. The van der Waals surface area contributed by atoms with Gasteiger partial charge >= 0.3 is 19.8 Å². The van der Waals surface area contributed by atoms with Gasteiger partial charge in [-0.05, 0) is 38.5 Å². The molecule has 12 heteroatoms. The van der Waals surface area contributed by atoms with Gasteiger partial charge in [-0.15, -0.1) is 0 Å². The Morgan fingerprint density at radius 1 is 0.681 bits per heavy atom. The van der Waals surface area contributed by atoms with Gasteiger partial charge in [0.15, 0.2) is 6.04 Å². The molecule has 1 amide bonds. The number of carbonyl (C=O) groups is 3. The molecule has 274 valence electrons. The van der Waals surface area contributed by atoms with Crippen LogP contribution in [-0.2, 0) is 32.7 Å². The Morgan fingerprint density at radius 2 is 1.21 bits per heavy atom. The number of phosphoric acid groups is 1. The predicted molar refractivity (Wildman–Crippen MR) is 185 cm³/mol. The third kappa shape index (κ3) is 31.0. The van der Waals surface area contributed by atoms with Crippen molar-refractivity contribution < 1.29 is 47.8 Å². The average Bonchev–Trinajstić information content (AvgIpc) is 3.04. The van der Waals surface area contributed by atoms with Crippen molar-refractivity contribution in [1.29, 1.82) is 0 Å². The molecular weight excluding hydrogens is 625 g/mol. The summed E-state index contributed by atoms with van der Waals surface area (Å²) < 4.78 is 26.6. The molecule has 0 rings (SSSR count). The fourth-order valence-corrected chi connectivity index (χ4v) is 5.42. The van der Waals surface area contributed by atoms with E-state index in [9.17, 15) is 34.1 Å². The molecule has 3 unspecified atom stereocenters. The monoisotopic (exact) mass is 689 g/mol. The van der Waals surface area contributed by atoms with E-state index in [0.717, 1.165) is 64.2 Å². The van der Waals surface area contributed by atoms with E-state index >= 15 is 0 Å². The zero-order chi connectivity index (χ0) is 35.0. The Bertz CT molecular complexity index is 911. The summed E-state index contributed by atoms with van der Waals surface area (Å²) in [6, 6.07) is -1.54. The lowest BCUT2D eigenvalue weighted by atomic mass is 10.1. The molecule has 11 nitrogen and oxygen atoms in total. The fourth-order valence-electron chi connectivity index (χ4n) is 4.65. The van der Waals surface area contributed by atoms with Crippen molar-refractivity contribution in [3.63, 3.8) is 0 Å². The Morgan fingerprint density at radius 3 is 1.81 bits per heavy atom. The van der Waals surface area contributed by atoms with Gasteiger partial charge in [0.25, 0.3) is 0 Å². The SMILES string of the molecule is CCC/C=C\C/C=C\CCCCCCCC(=O)OCC(O)COP(=O)(O)OCC(NC(=O)CCCCCCCCCCCC)C(=O)O. The van der Waals surface area contributed by atoms with Crippen LogP contribution in [0.4, 0.5) is 0 Å². The van der Waals surface area contributed by atoms with E-state index in [4.69, 9.17) is 13.8 Å². The first-order valence-corrected chi connectivity index (χ1v) is 19.4. The molecule has 0 bridgehead atoms. The first-order valence-electron chi connectivity index (χ1n) is 17.9. The number of esters is 1. The van der Waals surface area contributed by atoms with E-state index in [-0.39, 0.29) is 12.8 Å². The average molecular weight is 690 g/mol. The molecule has 0 heterocycles. The lowest BCUT2D eigenvalue weighted by Gasteiger charge is -2.18. The lowest BCUT2D eigenvalue weighted by molar-refractivity contribution is -0.147. The topological polar surface area (TPSA) is 169 Å². The summed E-state index contributed by atoms with van der Waals surface area (Å²) in [5.74, 6) is -2.39. The molecule has 0 aromatic heterocycles. The second kappa shape index (κ2) is 31.2. The molecule has 0 saturated carbocycles. The van der Waals surface area contributed by atoms with Crippen LogP contribution >= 0.6 is 7.82 Å². The highest BCUT2D eigenvalue weighted by Gasteiger charge is 2.28. The van der Waals surface area contributed by atoms with Crippen LogP contribution in [0.25, 0.3) is 0 Å². The summed E-state index contributed by atoms with van der Waals surface area (Å²) in [5.41, 5.74) is 0. The second-order valence-corrected chi connectivity index (χ2v) is 13.5. The highest BCUT2D eigenvalue weighted by molar-refractivity contribution is 7.47. The van der Waals surface area contributed by atoms with Crippen molar-refractivity contribution in [3.05, 3.63) is 24.3 Å². The Hall–Kier alpha value is -2.04. The van der Waals surface area contributed by atoms with Gasteiger partial charge in [0.1, 0.15) is 12.7 Å². The van der Waals surface area contributed by atoms with E-state index in [1.165, 1.54) is 44.9 Å². The number of amides is 1. The van der Waals surface area contributed by atoms with Gasteiger partial charge in [-0.2, -0.15) is 0 Å². The summed E-state index contributed by atoms with van der Waals surface area (Å²) >= 11 is 0. The van der Waals surface area contributed by atoms with Crippen molar-refractivity contribution in [1.82, 2.24) is 5.32 Å². The minimum atomic E-state index is -4.74. The van der Waals surface area contributed by atoms with E-state index in [1.54, 1.807) is 0 Å². The minimum absolute atomic E-state index is 0.147. The Labute approximate surface area is 283 Å². The standard InChI is InChI=1S/C35H64NO10P/c1-3-5-7-9-11-13-15-16-17-19-21-23-25-27-34(39)44-28-31(37)29-45-47(42,43)46-30-32(35(40)41)36-33(38)26-24-22-20-18-14-12-10-8-6-4-2/h7,9,13,15,31-32,37H,3-6,8,10-12,14,16-30H2,1-2H3,(H,36,38)(H,40,41)(H,42,43)/b9-7-,15-13-. The molecule has 0 aromatic carbocycles. The number of allylic oxidation sites excluding steroid dienone is 4. The molecule has 0 radical (unpaired) electrons. The number of hydrogen-bond acceptors (Lipinski definition) is 8. The van der Waals surface area contributed by atoms with Crippen LogP contribution < -0.4 is 5.32 Å². The molecular formula is C35H64NO10P. The number of unbranched alkanes of at least 4 members (excludes halogenated alkanes) is 15. The van der Waals surface area contributed by atoms with Crippen molar-refractivity contribution in [2.75, 3.05) is 19.8 Å². The van der Waals surface area contributed by atoms with Gasteiger partial charge in [0.2, 0.25) is 5.91 Å². The quantitative estimate of drug-likeness (QED) is 0.0230. The molecule has 0 spiro atoms. The third-order valence-electron chi connectivity index (χ3n) is 7.47. The predicted octanol–water partition coefficient (Wildman–Crippen LogP) is 7.94. The molecule has 0 aliphatic rings. The number of carbonyl (C=O) groups excluding carboxylic acids is 2. The van der Waals surface area contributed by atoms with Crippen LogP contribution in [0.15, 0.2) is 24.3 Å². The van der Waals surface area contributed by atoms with Crippen LogP contribution in [0.5, 0.6) is 0 Å². The van der Waals surface area contributed by atoms with Crippen molar-refractivity contribution in [3.8, 4) is 0 Å². The third-order valence-corrected chi connectivity index (χ3v) is 8.43. The number of rotatable bonds is 33. The highest BCUT2D eigenvalue weighted by Crippen LogP contribution is 2.43. The van der Waals surface area contributed by atoms with Crippen LogP contribution in [0.3, 0.4) is 0 Å². The van der Waals surface area contributed by atoms with Crippen LogP contribution in [-0.4, -0.2) is 64.9 Å². The molecule has 0 aliphatic carbocycles. The van der Waals surface area contributed by atoms with Gasteiger partial charge < -0.3 is 25.2 Å². The molecule has 47 heavy (non-hydrogen) atoms. The summed E-state index contributed by atoms with van der Waals surface area (Å²) in [7, 11) is -4.74. The molecule has 3 atom stereocenters. The summed E-state index contributed by atoms with van der Waals surface area (Å²) in [5, 5.41) is 21.7. The zero-order valence-electron chi connectivity index (χ0n) is 29.1. The van der Waals surface area contributed by atoms with Crippen LogP contribution in [0, 0.1) is 0 Å².